The molecule has 2 aromatic rings. The lowest BCUT2D eigenvalue weighted by Gasteiger charge is -2.20. The molecule has 1 aromatic heterocycles. The van der Waals surface area contributed by atoms with E-state index >= 15 is 0 Å². The molecule has 1 aromatic carbocycles. The maximum Gasteiger partial charge on any atom is 0.207 e. The number of hydrogen-bond donors (Lipinski definition) is 1. The van der Waals surface area contributed by atoms with Crippen molar-refractivity contribution in [2.75, 3.05) is 11.9 Å². The van der Waals surface area contributed by atoms with Crippen molar-refractivity contribution in [2.24, 2.45) is 0 Å². The van der Waals surface area contributed by atoms with Crippen LogP contribution in [0.5, 0.6) is 0 Å². The summed E-state index contributed by atoms with van der Waals surface area (Å²) in [6, 6.07) is 6.63. The summed E-state index contributed by atoms with van der Waals surface area (Å²) in [5.41, 5.74) is 4.30. The number of aryl methyl sites for hydroxylation is 1. The van der Waals surface area contributed by atoms with Gasteiger partial charge in [-0.3, -0.25) is 4.57 Å². The van der Waals surface area contributed by atoms with E-state index in [-0.39, 0.29) is 0 Å². The molecule has 3 heteroatoms. The second kappa shape index (κ2) is 4.84. The number of aromatic nitrogens is 2. The summed E-state index contributed by atoms with van der Waals surface area (Å²) in [6.45, 7) is 2.99. The van der Waals surface area contributed by atoms with E-state index < -0.39 is 0 Å². The van der Waals surface area contributed by atoms with Crippen molar-refractivity contribution in [3.8, 4) is 5.69 Å². The van der Waals surface area contributed by atoms with Gasteiger partial charge in [-0.05, 0) is 49.8 Å². The van der Waals surface area contributed by atoms with Crippen LogP contribution in [-0.2, 0) is 12.8 Å². The highest BCUT2D eigenvalue weighted by Gasteiger charge is 2.15. The summed E-state index contributed by atoms with van der Waals surface area (Å²) in [6.07, 6.45) is 8.93. The van der Waals surface area contributed by atoms with E-state index in [1.165, 1.54) is 42.5 Å². The van der Waals surface area contributed by atoms with Crippen LogP contribution >= 0.6 is 0 Å². The summed E-state index contributed by atoms with van der Waals surface area (Å²) in [5.74, 6) is 0.941. The Balaban J connectivity index is 2.08. The van der Waals surface area contributed by atoms with Crippen LogP contribution in [0.25, 0.3) is 5.69 Å². The van der Waals surface area contributed by atoms with Gasteiger partial charge in [0.2, 0.25) is 5.95 Å². The molecule has 0 saturated heterocycles. The minimum Gasteiger partial charge on any atom is -0.356 e. The number of benzene rings is 1. The van der Waals surface area contributed by atoms with Gasteiger partial charge in [0.05, 0.1) is 5.69 Å². The summed E-state index contributed by atoms with van der Waals surface area (Å²) in [4.78, 5) is 4.38. The van der Waals surface area contributed by atoms with E-state index in [4.69, 9.17) is 0 Å². The fraction of sp³-hybridized carbons (Fsp3) is 0.400. The van der Waals surface area contributed by atoms with Crippen LogP contribution in [0.2, 0.25) is 0 Å². The Kier molecular flexibility index (Phi) is 3.05. The number of imidazole rings is 1. The first-order valence-electron chi connectivity index (χ1n) is 6.78. The monoisotopic (exact) mass is 241 g/mol. The molecule has 1 N–H and O–H groups in total. The molecule has 0 radical (unpaired) electrons. The predicted octanol–water partition coefficient (Wildman–Crippen LogP) is 3.18. The summed E-state index contributed by atoms with van der Waals surface area (Å²) >= 11 is 0. The molecule has 0 aliphatic heterocycles. The standard InChI is InChI=1S/C15H19N3/c1-2-16-15-17-10-11-18(15)14-9-5-7-12-6-3-4-8-13(12)14/h5,7,9-11H,2-4,6,8H2,1H3,(H,16,17). The third kappa shape index (κ3) is 1.90. The fourth-order valence-electron chi connectivity index (χ4n) is 2.77. The van der Waals surface area contributed by atoms with Crippen molar-refractivity contribution in [2.45, 2.75) is 32.6 Å². The quantitative estimate of drug-likeness (QED) is 0.894. The number of nitrogens with one attached hydrogen (secondary N) is 1. The largest absolute Gasteiger partial charge is 0.356 e. The number of nitrogens with zero attached hydrogens (tertiary/aromatic N) is 2. The maximum absolute atomic E-state index is 4.38. The zero-order valence-electron chi connectivity index (χ0n) is 10.8. The number of rotatable bonds is 3. The molecule has 0 spiro atoms. The smallest absolute Gasteiger partial charge is 0.207 e. The topological polar surface area (TPSA) is 29.9 Å². The lowest BCUT2D eigenvalue weighted by Crippen LogP contribution is -2.10. The molecule has 18 heavy (non-hydrogen) atoms. The third-order valence-electron chi connectivity index (χ3n) is 3.61. The van der Waals surface area contributed by atoms with Gasteiger partial charge in [-0.15, -0.1) is 0 Å². The SMILES string of the molecule is CCNc1nccn1-c1cccc2c1CCCC2. The molecule has 0 saturated carbocycles. The molecular weight excluding hydrogens is 222 g/mol. The lowest BCUT2D eigenvalue weighted by atomic mass is 9.90. The van der Waals surface area contributed by atoms with Crippen molar-refractivity contribution >= 4 is 5.95 Å². The fourth-order valence-corrected chi connectivity index (χ4v) is 2.77. The zero-order valence-corrected chi connectivity index (χ0v) is 10.8. The van der Waals surface area contributed by atoms with Crippen molar-refractivity contribution in [3.05, 3.63) is 41.7 Å². The van der Waals surface area contributed by atoms with Crippen molar-refractivity contribution < 1.29 is 0 Å². The predicted molar refractivity (Wildman–Crippen MR) is 74.4 cm³/mol. The molecule has 1 aliphatic carbocycles. The first-order valence-corrected chi connectivity index (χ1v) is 6.78. The van der Waals surface area contributed by atoms with Gasteiger partial charge in [-0.1, -0.05) is 12.1 Å². The summed E-state index contributed by atoms with van der Waals surface area (Å²) in [5, 5.41) is 3.31. The molecular formula is C15H19N3. The van der Waals surface area contributed by atoms with Crippen LogP contribution in [0.3, 0.4) is 0 Å². The number of fused-ring (bicyclic) bond motifs is 1. The lowest BCUT2D eigenvalue weighted by molar-refractivity contribution is 0.681. The molecule has 3 rings (SSSR count). The van der Waals surface area contributed by atoms with Gasteiger partial charge in [0.15, 0.2) is 0 Å². The minimum atomic E-state index is 0.895. The minimum absolute atomic E-state index is 0.895. The van der Waals surface area contributed by atoms with E-state index in [0.717, 1.165) is 12.5 Å². The first kappa shape index (κ1) is 11.3. The van der Waals surface area contributed by atoms with Crippen LogP contribution in [0.1, 0.15) is 30.9 Å². The van der Waals surface area contributed by atoms with Gasteiger partial charge < -0.3 is 5.32 Å². The molecule has 94 valence electrons. The Hall–Kier alpha value is -1.77. The Morgan fingerprint density at radius 3 is 3.06 bits per heavy atom. The van der Waals surface area contributed by atoms with Gasteiger partial charge in [-0.2, -0.15) is 0 Å². The second-order valence-corrected chi connectivity index (χ2v) is 4.77. The molecule has 0 amide bonds. The summed E-state index contributed by atoms with van der Waals surface area (Å²) < 4.78 is 2.17. The average molecular weight is 241 g/mol. The normalized spacial score (nSPS) is 14.3. The first-order chi connectivity index (χ1) is 8.90. The molecule has 0 fully saturated rings. The summed E-state index contributed by atoms with van der Waals surface area (Å²) in [7, 11) is 0. The van der Waals surface area contributed by atoms with Crippen LogP contribution in [0, 0.1) is 0 Å². The highest BCUT2D eigenvalue weighted by atomic mass is 15.2. The van der Waals surface area contributed by atoms with Crippen LogP contribution in [-0.4, -0.2) is 16.1 Å². The van der Waals surface area contributed by atoms with Gasteiger partial charge >= 0.3 is 0 Å². The average Bonchev–Trinajstić information content (AvgIpc) is 2.87. The van der Waals surface area contributed by atoms with Crippen molar-refractivity contribution in [3.63, 3.8) is 0 Å². The Bertz CT molecular complexity index is 542. The molecule has 0 unspecified atom stereocenters. The Morgan fingerprint density at radius 1 is 1.28 bits per heavy atom. The van der Waals surface area contributed by atoms with E-state index in [0.29, 0.717) is 0 Å². The van der Waals surface area contributed by atoms with Gasteiger partial charge in [0.25, 0.3) is 0 Å². The van der Waals surface area contributed by atoms with E-state index in [1.807, 2.05) is 12.4 Å². The van der Waals surface area contributed by atoms with Crippen LogP contribution in [0.4, 0.5) is 5.95 Å². The highest BCUT2D eigenvalue weighted by Crippen LogP contribution is 2.28. The molecule has 1 aliphatic rings. The van der Waals surface area contributed by atoms with Crippen LogP contribution in [0.15, 0.2) is 30.6 Å². The second-order valence-electron chi connectivity index (χ2n) is 4.77. The Labute approximate surface area is 108 Å². The Morgan fingerprint density at radius 2 is 2.17 bits per heavy atom. The van der Waals surface area contributed by atoms with Crippen molar-refractivity contribution in [1.82, 2.24) is 9.55 Å². The van der Waals surface area contributed by atoms with E-state index in [9.17, 15) is 0 Å². The third-order valence-corrected chi connectivity index (χ3v) is 3.61. The number of hydrogen-bond acceptors (Lipinski definition) is 2. The molecule has 0 atom stereocenters. The van der Waals surface area contributed by atoms with E-state index in [1.54, 1.807) is 0 Å². The van der Waals surface area contributed by atoms with Crippen molar-refractivity contribution in [1.29, 1.82) is 0 Å². The maximum atomic E-state index is 4.38. The molecule has 0 bridgehead atoms. The van der Waals surface area contributed by atoms with Gasteiger partial charge in [-0.25, -0.2) is 4.98 Å². The molecule has 1 heterocycles. The molecule has 3 nitrogen and oxygen atoms in total. The zero-order chi connectivity index (χ0) is 12.4. The van der Waals surface area contributed by atoms with Gasteiger partial charge in [0, 0.05) is 18.9 Å². The van der Waals surface area contributed by atoms with Gasteiger partial charge in [0.1, 0.15) is 0 Å². The van der Waals surface area contributed by atoms with E-state index in [2.05, 4.69) is 40.0 Å². The highest BCUT2D eigenvalue weighted by molar-refractivity contribution is 5.51. The number of anilines is 1. The van der Waals surface area contributed by atoms with Crippen LogP contribution < -0.4 is 5.32 Å².